The van der Waals surface area contributed by atoms with Crippen molar-refractivity contribution in [1.29, 1.82) is 0 Å². The molecular formula is C12H16N2O3. The molecule has 0 aromatic carbocycles. The van der Waals surface area contributed by atoms with E-state index in [0.29, 0.717) is 17.8 Å². The van der Waals surface area contributed by atoms with Gasteiger partial charge in [-0.2, -0.15) is 0 Å². The lowest BCUT2D eigenvalue weighted by atomic mass is 10.2. The number of nitrogens with one attached hydrogen (secondary N) is 1. The minimum absolute atomic E-state index is 0.00792. The normalized spacial score (nSPS) is 19.6. The first-order valence-electron chi connectivity index (χ1n) is 5.74. The van der Waals surface area contributed by atoms with E-state index in [4.69, 9.17) is 5.11 Å². The Morgan fingerprint density at radius 1 is 1.59 bits per heavy atom. The molecule has 1 atom stereocenters. The van der Waals surface area contributed by atoms with E-state index in [1.165, 1.54) is 6.92 Å². The number of ketones is 1. The monoisotopic (exact) mass is 236 g/mol. The maximum atomic E-state index is 12.1. The molecular weight excluding hydrogens is 220 g/mol. The molecule has 1 aromatic heterocycles. The fourth-order valence-corrected chi connectivity index (χ4v) is 2.17. The highest BCUT2D eigenvalue weighted by Gasteiger charge is 2.29. The molecule has 2 N–H and O–H groups in total. The summed E-state index contributed by atoms with van der Waals surface area (Å²) in [5.74, 6) is -0.213. The topological polar surface area (TPSA) is 73.4 Å². The van der Waals surface area contributed by atoms with E-state index in [-0.39, 0.29) is 24.3 Å². The van der Waals surface area contributed by atoms with Crippen molar-refractivity contribution < 1.29 is 14.7 Å². The number of aliphatic hydroxyl groups is 1. The molecule has 0 spiro atoms. The van der Waals surface area contributed by atoms with E-state index in [9.17, 15) is 9.59 Å². The molecule has 0 bridgehead atoms. The van der Waals surface area contributed by atoms with E-state index in [1.807, 2.05) is 0 Å². The highest BCUT2D eigenvalue weighted by molar-refractivity contribution is 5.99. The SMILES string of the molecule is CC(=O)c1c[nH]c(C(=O)N2CCC[C@H]2CO)c1. The lowest BCUT2D eigenvalue weighted by Gasteiger charge is -2.22. The summed E-state index contributed by atoms with van der Waals surface area (Å²) in [5.41, 5.74) is 0.920. The molecule has 2 heterocycles. The number of H-pyrrole nitrogens is 1. The maximum Gasteiger partial charge on any atom is 0.270 e. The Balaban J connectivity index is 2.16. The predicted octanol–water partition coefficient (Wildman–Crippen LogP) is 0.814. The number of rotatable bonds is 3. The van der Waals surface area contributed by atoms with Crippen molar-refractivity contribution >= 4 is 11.7 Å². The summed E-state index contributed by atoms with van der Waals surface area (Å²) >= 11 is 0. The van der Waals surface area contributed by atoms with E-state index >= 15 is 0 Å². The van der Waals surface area contributed by atoms with Gasteiger partial charge in [0, 0.05) is 18.3 Å². The van der Waals surface area contributed by atoms with Gasteiger partial charge < -0.3 is 15.0 Å². The number of amides is 1. The molecule has 5 nitrogen and oxygen atoms in total. The van der Waals surface area contributed by atoms with Crippen LogP contribution >= 0.6 is 0 Å². The van der Waals surface area contributed by atoms with Crippen LogP contribution in [-0.4, -0.2) is 45.9 Å². The number of hydrogen-bond donors (Lipinski definition) is 2. The first-order chi connectivity index (χ1) is 8.13. The van der Waals surface area contributed by atoms with Gasteiger partial charge in [0.1, 0.15) is 5.69 Å². The first kappa shape index (κ1) is 11.9. The fourth-order valence-electron chi connectivity index (χ4n) is 2.17. The zero-order chi connectivity index (χ0) is 12.4. The third kappa shape index (κ3) is 2.24. The average molecular weight is 236 g/mol. The van der Waals surface area contributed by atoms with Crippen LogP contribution < -0.4 is 0 Å². The molecule has 0 saturated carbocycles. The maximum absolute atomic E-state index is 12.1. The van der Waals surface area contributed by atoms with Crippen LogP contribution in [0.1, 0.15) is 40.6 Å². The van der Waals surface area contributed by atoms with Gasteiger partial charge in [0.25, 0.3) is 5.91 Å². The van der Waals surface area contributed by atoms with Gasteiger partial charge in [0.15, 0.2) is 5.78 Å². The smallest absolute Gasteiger partial charge is 0.270 e. The third-order valence-corrected chi connectivity index (χ3v) is 3.17. The molecule has 1 aromatic rings. The van der Waals surface area contributed by atoms with Crippen LogP contribution in [0.3, 0.4) is 0 Å². The van der Waals surface area contributed by atoms with Crippen LogP contribution in [0.25, 0.3) is 0 Å². The molecule has 92 valence electrons. The third-order valence-electron chi connectivity index (χ3n) is 3.17. The number of hydrogen-bond acceptors (Lipinski definition) is 3. The summed E-state index contributed by atoms with van der Waals surface area (Å²) in [4.78, 5) is 27.7. The summed E-state index contributed by atoms with van der Waals surface area (Å²) < 4.78 is 0. The van der Waals surface area contributed by atoms with E-state index < -0.39 is 0 Å². The zero-order valence-corrected chi connectivity index (χ0v) is 9.77. The van der Waals surface area contributed by atoms with Crippen molar-refractivity contribution in [2.24, 2.45) is 0 Å². The highest BCUT2D eigenvalue weighted by Crippen LogP contribution is 2.19. The number of likely N-dealkylation sites (tertiary alicyclic amines) is 1. The molecule has 2 rings (SSSR count). The predicted molar refractivity (Wildman–Crippen MR) is 61.9 cm³/mol. The Morgan fingerprint density at radius 3 is 2.94 bits per heavy atom. The van der Waals surface area contributed by atoms with Gasteiger partial charge in [-0.15, -0.1) is 0 Å². The number of carbonyl (C=O) groups excluding carboxylic acids is 2. The zero-order valence-electron chi connectivity index (χ0n) is 9.77. The van der Waals surface area contributed by atoms with Crippen LogP contribution in [0.2, 0.25) is 0 Å². The van der Waals surface area contributed by atoms with Gasteiger partial charge in [-0.1, -0.05) is 0 Å². The molecule has 17 heavy (non-hydrogen) atoms. The molecule has 0 aliphatic carbocycles. The second-order valence-corrected chi connectivity index (χ2v) is 4.34. The van der Waals surface area contributed by atoms with Crippen LogP contribution in [0.5, 0.6) is 0 Å². The standard InChI is InChI=1S/C12H16N2O3/c1-8(16)9-5-11(13-6-9)12(17)14-4-2-3-10(14)7-15/h5-6,10,13,15H,2-4,7H2,1H3/t10-/m0/s1. The van der Waals surface area contributed by atoms with Gasteiger partial charge in [0.2, 0.25) is 0 Å². The molecule has 1 fully saturated rings. The van der Waals surface area contributed by atoms with E-state index in [2.05, 4.69) is 4.98 Å². The lowest BCUT2D eigenvalue weighted by molar-refractivity contribution is 0.0672. The van der Waals surface area contributed by atoms with Gasteiger partial charge in [0.05, 0.1) is 12.6 Å². The Kier molecular flexibility index (Phi) is 3.28. The average Bonchev–Trinajstić information content (AvgIpc) is 2.96. The minimum Gasteiger partial charge on any atom is -0.394 e. The van der Waals surface area contributed by atoms with Crippen LogP contribution in [-0.2, 0) is 0 Å². The molecule has 0 unspecified atom stereocenters. The first-order valence-corrected chi connectivity index (χ1v) is 5.74. The van der Waals surface area contributed by atoms with E-state index in [0.717, 1.165) is 12.8 Å². The Hall–Kier alpha value is -1.62. The number of aromatic amines is 1. The Morgan fingerprint density at radius 2 is 2.35 bits per heavy atom. The Bertz CT molecular complexity index is 439. The number of aliphatic hydroxyl groups excluding tert-OH is 1. The highest BCUT2D eigenvalue weighted by atomic mass is 16.3. The second kappa shape index (κ2) is 4.71. The number of nitrogens with zero attached hydrogens (tertiary/aromatic N) is 1. The molecule has 0 radical (unpaired) electrons. The van der Waals surface area contributed by atoms with Gasteiger partial charge in [-0.3, -0.25) is 9.59 Å². The minimum atomic E-state index is -0.144. The van der Waals surface area contributed by atoms with Gasteiger partial charge >= 0.3 is 0 Å². The van der Waals surface area contributed by atoms with Crippen LogP contribution in [0, 0.1) is 0 Å². The second-order valence-electron chi connectivity index (χ2n) is 4.34. The summed E-state index contributed by atoms with van der Waals surface area (Å²) in [6, 6.07) is 1.48. The van der Waals surface area contributed by atoms with Crippen molar-refractivity contribution in [2.45, 2.75) is 25.8 Å². The summed E-state index contributed by atoms with van der Waals surface area (Å²) in [7, 11) is 0. The van der Waals surface area contributed by atoms with Crippen LogP contribution in [0.4, 0.5) is 0 Å². The lowest BCUT2D eigenvalue weighted by Crippen LogP contribution is -2.37. The molecule has 1 amide bonds. The molecule has 5 heteroatoms. The fraction of sp³-hybridized carbons (Fsp3) is 0.500. The molecule has 1 aliphatic heterocycles. The van der Waals surface area contributed by atoms with Crippen molar-refractivity contribution in [1.82, 2.24) is 9.88 Å². The molecule has 1 aliphatic rings. The van der Waals surface area contributed by atoms with Crippen molar-refractivity contribution in [3.05, 3.63) is 23.5 Å². The quantitative estimate of drug-likeness (QED) is 0.763. The van der Waals surface area contributed by atoms with Gasteiger partial charge in [-0.25, -0.2) is 0 Å². The summed E-state index contributed by atoms with van der Waals surface area (Å²) in [5, 5.41) is 9.17. The van der Waals surface area contributed by atoms with Crippen molar-refractivity contribution in [3.8, 4) is 0 Å². The summed E-state index contributed by atoms with van der Waals surface area (Å²) in [6.45, 7) is 2.12. The number of carbonyl (C=O) groups is 2. The summed E-state index contributed by atoms with van der Waals surface area (Å²) in [6.07, 6.45) is 3.29. The van der Waals surface area contributed by atoms with Crippen molar-refractivity contribution in [3.63, 3.8) is 0 Å². The van der Waals surface area contributed by atoms with Crippen molar-refractivity contribution in [2.75, 3.05) is 13.2 Å². The number of Topliss-reactive ketones (excluding diaryl/α,β-unsaturated/α-hetero) is 1. The molecule has 1 saturated heterocycles. The number of aromatic nitrogens is 1. The van der Waals surface area contributed by atoms with Crippen LogP contribution in [0.15, 0.2) is 12.3 Å². The van der Waals surface area contributed by atoms with Gasteiger partial charge in [-0.05, 0) is 25.8 Å². The largest absolute Gasteiger partial charge is 0.394 e. The Labute approximate surface area is 99.4 Å². The van der Waals surface area contributed by atoms with E-state index in [1.54, 1.807) is 17.2 Å².